The van der Waals surface area contributed by atoms with Crippen LogP contribution in [-0.4, -0.2) is 0 Å². The molecule has 2 aromatic carbocycles. The molecule has 2 rings (SSSR count). The molecule has 0 N–H and O–H groups in total. The maximum Gasteiger partial charge on any atom is 0.266 e. The molecule has 0 radical (unpaired) electrons. The van der Waals surface area contributed by atoms with Crippen LogP contribution in [0.5, 0.6) is 0 Å². The van der Waals surface area contributed by atoms with E-state index in [9.17, 15) is 13.2 Å². The lowest BCUT2D eigenvalue weighted by Crippen LogP contribution is -1.94. The molecule has 2 aromatic rings. The molecule has 0 aliphatic heterocycles. The first-order valence-electron chi connectivity index (χ1n) is 5.03. The zero-order chi connectivity index (χ0) is 13.3. The molecular formula is C13H7Cl2F3. The van der Waals surface area contributed by atoms with Gasteiger partial charge in [0.15, 0.2) is 0 Å². The van der Waals surface area contributed by atoms with Gasteiger partial charge in [0.1, 0.15) is 5.82 Å². The smallest absolute Gasteiger partial charge is 0.206 e. The fourth-order valence-corrected chi connectivity index (χ4v) is 2.27. The summed E-state index contributed by atoms with van der Waals surface area (Å²) in [5.41, 5.74) is -0.465. The number of hydrogen-bond donors (Lipinski definition) is 0. The Morgan fingerprint density at radius 1 is 0.889 bits per heavy atom. The molecular weight excluding hydrogens is 284 g/mol. The van der Waals surface area contributed by atoms with Crippen LogP contribution in [0.15, 0.2) is 36.4 Å². The van der Waals surface area contributed by atoms with E-state index in [2.05, 4.69) is 0 Å². The van der Waals surface area contributed by atoms with Crippen LogP contribution in [0.1, 0.15) is 12.0 Å². The van der Waals surface area contributed by atoms with E-state index < -0.39 is 17.8 Å². The molecule has 0 nitrogen and oxygen atoms in total. The molecule has 0 saturated carbocycles. The van der Waals surface area contributed by atoms with E-state index in [-0.39, 0.29) is 21.2 Å². The average molecular weight is 291 g/mol. The van der Waals surface area contributed by atoms with E-state index in [0.29, 0.717) is 0 Å². The molecule has 0 atom stereocenters. The van der Waals surface area contributed by atoms with Crippen molar-refractivity contribution in [2.45, 2.75) is 6.43 Å². The van der Waals surface area contributed by atoms with E-state index in [1.807, 2.05) is 0 Å². The number of benzene rings is 2. The molecule has 0 unspecified atom stereocenters. The summed E-state index contributed by atoms with van der Waals surface area (Å²) in [6.45, 7) is 0. The Morgan fingerprint density at radius 3 is 2.00 bits per heavy atom. The van der Waals surface area contributed by atoms with Gasteiger partial charge < -0.3 is 0 Å². The largest absolute Gasteiger partial charge is 0.266 e. The Hall–Kier alpha value is -1.19. The van der Waals surface area contributed by atoms with Gasteiger partial charge in [-0.3, -0.25) is 0 Å². The SMILES string of the molecule is Fc1c(-c2c(Cl)cccc2Cl)cccc1C(F)F. The van der Waals surface area contributed by atoms with Crippen LogP contribution in [0, 0.1) is 5.82 Å². The van der Waals surface area contributed by atoms with Crippen molar-refractivity contribution in [2.75, 3.05) is 0 Å². The standard InChI is InChI=1S/C13H7Cl2F3/c14-9-5-2-6-10(15)11(9)7-3-1-4-8(12(7)16)13(17)18/h1-6,13H. The quantitative estimate of drug-likeness (QED) is 0.662. The number of halogens is 5. The second-order valence-electron chi connectivity index (χ2n) is 3.61. The van der Waals surface area contributed by atoms with Crippen LogP contribution >= 0.6 is 23.2 Å². The summed E-state index contributed by atoms with van der Waals surface area (Å²) >= 11 is 11.9. The minimum Gasteiger partial charge on any atom is -0.206 e. The predicted octanol–water partition coefficient (Wildman–Crippen LogP) is 5.74. The van der Waals surface area contributed by atoms with Crippen molar-refractivity contribution in [2.24, 2.45) is 0 Å². The molecule has 18 heavy (non-hydrogen) atoms. The first-order chi connectivity index (χ1) is 8.52. The van der Waals surface area contributed by atoms with Gasteiger partial charge in [-0.1, -0.05) is 47.5 Å². The molecule has 5 heteroatoms. The molecule has 0 bridgehead atoms. The van der Waals surface area contributed by atoms with E-state index in [0.717, 1.165) is 6.07 Å². The van der Waals surface area contributed by atoms with Gasteiger partial charge in [-0.15, -0.1) is 0 Å². The second-order valence-corrected chi connectivity index (χ2v) is 4.42. The van der Waals surface area contributed by atoms with Crippen LogP contribution in [0.2, 0.25) is 10.0 Å². The summed E-state index contributed by atoms with van der Waals surface area (Å²) < 4.78 is 39.2. The van der Waals surface area contributed by atoms with Crippen molar-refractivity contribution in [1.29, 1.82) is 0 Å². The van der Waals surface area contributed by atoms with Crippen LogP contribution in [0.3, 0.4) is 0 Å². The van der Waals surface area contributed by atoms with Gasteiger partial charge in [0, 0.05) is 21.2 Å². The van der Waals surface area contributed by atoms with Crippen LogP contribution in [0.4, 0.5) is 13.2 Å². The molecule has 0 saturated heterocycles. The monoisotopic (exact) mass is 290 g/mol. The van der Waals surface area contributed by atoms with E-state index in [4.69, 9.17) is 23.2 Å². The molecule has 0 aliphatic carbocycles. The minimum atomic E-state index is -2.88. The van der Waals surface area contributed by atoms with Crippen molar-refractivity contribution < 1.29 is 13.2 Å². The lowest BCUT2D eigenvalue weighted by molar-refractivity contribution is 0.146. The zero-order valence-electron chi connectivity index (χ0n) is 8.93. The third-order valence-electron chi connectivity index (χ3n) is 2.50. The lowest BCUT2D eigenvalue weighted by Gasteiger charge is -2.10. The molecule has 0 amide bonds. The van der Waals surface area contributed by atoms with Crippen molar-refractivity contribution in [3.05, 3.63) is 57.8 Å². The van der Waals surface area contributed by atoms with Gasteiger partial charge in [0.2, 0.25) is 0 Å². The molecule has 0 fully saturated rings. The summed E-state index contributed by atoms with van der Waals surface area (Å²) in [4.78, 5) is 0. The van der Waals surface area contributed by atoms with Gasteiger partial charge >= 0.3 is 0 Å². The normalized spacial score (nSPS) is 11.0. The fraction of sp³-hybridized carbons (Fsp3) is 0.0769. The highest BCUT2D eigenvalue weighted by molar-refractivity contribution is 6.39. The Labute approximate surface area is 112 Å². The maximum absolute atomic E-state index is 14.0. The highest BCUT2D eigenvalue weighted by Gasteiger charge is 2.19. The zero-order valence-corrected chi connectivity index (χ0v) is 10.4. The summed E-state index contributed by atoms with van der Waals surface area (Å²) in [5.74, 6) is -0.998. The summed E-state index contributed by atoms with van der Waals surface area (Å²) in [6.07, 6.45) is -2.88. The van der Waals surface area contributed by atoms with E-state index in [1.54, 1.807) is 6.07 Å². The predicted molar refractivity (Wildman–Crippen MR) is 66.8 cm³/mol. The Kier molecular flexibility index (Phi) is 3.83. The number of hydrogen-bond acceptors (Lipinski definition) is 0. The van der Waals surface area contributed by atoms with Gasteiger partial charge in [-0.05, 0) is 12.1 Å². The van der Waals surface area contributed by atoms with Gasteiger partial charge in [0.05, 0.1) is 5.56 Å². The molecule has 0 spiro atoms. The fourth-order valence-electron chi connectivity index (χ4n) is 1.67. The Morgan fingerprint density at radius 2 is 1.44 bits per heavy atom. The highest BCUT2D eigenvalue weighted by atomic mass is 35.5. The summed E-state index contributed by atoms with van der Waals surface area (Å²) in [7, 11) is 0. The molecule has 0 heterocycles. The molecule has 0 aliphatic rings. The third kappa shape index (κ3) is 2.33. The topological polar surface area (TPSA) is 0 Å². The van der Waals surface area contributed by atoms with Gasteiger partial charge in [0.25, 0.3) is 6.43 Å². The van der Waals surface area contributed by atoms with Gasteiger partial charge in [-0.25, -0.2) is 13.2 Å². The van der Waals surface area contributed by atoms with E-state index in [1.165, 1.54) is 24.3 Å². The first-order valence-corrected chi connectivity index (χ1v) is 5.79. The van der Waals surface area contributed by atoms with E-state index >= 15 is 0 Å². The van der Waals surface area contributed by atoms with Crippen LogP contribution in [-0.2, 0) is 0 Å². The molecule has 0 aromatic heterocycles. The van der Waals surface area contributed by atoms with Crippen molar-refractivity contribution in [3.63, 3.8) is 0 Å². The number of rotatable bonds is 2. The van der Waals surface area contributed by atoms with Crippen molar-refractivity contribution in [3.8, 4) is 11.1 Å². The lowest BCUT2D eigenvalue weighted by atomic mass is 10.0. The third-order valence-corrected chi connectivity index (χ3v) is 3.13. The second kappa shape index (κ2) is 5.21. The van der Waals surface area contributed by atoms with Crippen molar-refractivity contribution in [1.82, 2.24) is 0 Å². The number of alkyl halides is 2. The highest BCUT2D eigenvalue weighted by Crippen LogP contribution is 2.38. The van der Waals surface area contributed by atoms with Crippen LogP contribution < -0.4 is 0 Å². The van der Waals surface area contributed by atoms with Gasteiger partial charge in [-0.2, -0.15) is 0 Å². The summed E-state index contributed by atoms with van der Waals surface area (Å²) in [5, 5.41) is 0.431. The van der Waals surface area contributed by atoms with Crippen molar-refractivity contribution >= 4 is 23.2 Å². The maximum atomic E-state index is 14.0. The Balaban J connectivity index is 2.69. The van der Waals surface area contributed by atoms with Crippen LogP contribution in [0.25, 0.3) is 11.1 Å². The Bertz CT molecular complexity index is 562. The minimum absolute atomic E-state index is 0.0246. The average Bonchev–Trinajstić information content (AvgIpc) is 2.30. The molecule has 94 valence electrons. The summed E-state index contributed by atoms with van der Waals surface area (Å²) in [6, 6.07) is 8.40. The first kappa shape index (κ1) is 13.2.